The molecule has 0 aliphatic heterocycles. The summed E-state index contributed by atoms with van der Waals surface area (Å²) in [5, 5.41) is 0. The Balaban J connectivity index is 0.000000203. The Kier molecular flexibility index (Phi) is 16.0. The second kappa shape index (κ2) is 19.7. The fraction of sp³-hybridized carbons (Fsp3) is 0.0526. The first kappa shape index (κ1) is 43.8. The summed E-state index contributed by atoms with van der Waals surface area (Å²) in [4.78, 5) is 2.72. The van der Waals surface area contributed by atoms with Gasteiger partial charge in [0.1, 0.15) is 15.0 Å². The number of alkyl halides is 6. The number of hydrogen-bond donors (Lipinski definition) is 2. The van der Waals surface area contributed by atoms with Crippen LogP contribution in [-0.2, 0) is 43.5 Å². The third kappa shape index (κ3) is 14.0. The van der Waals surface area contributed by atoms with Crippen LogP contribution in [-0.4, -0.2) is 25.9 Å². The molecule has 284 valence electrons. The standard InChI is InChI=1S/C18H15S.2C7H5F3O3S.C6H6S/c1-4-10-16(11-5-1)19(17-12-6-2-7-13-17)18-14-8-3-9-15-18;2*8-7(9,10)5-3-1-2-4-6(5)14(11,12)13;7-6-4-2-1-3-5-6/h1-15H;2*1-4H,(H,11,12,13);1-5,7H/q+1;;;/p-1. The first-order valence-corrected chi connectivity index (χ1v) is 19.7. The van der Waals surface area contributed by atoms with Crippen LogP contribution in [0.5, 0.6) is 0 Å². The quantitative estimate of drug-likeness (QED) is 0.0775. The van der Waals surface area contributed by atoms with Crippen LogP contribution in [0.15, 0.2) is 199 Å². The van der Waals surface area contributed by atoms with E-state index in [9.17, 15) is 47.7 Å². The van der Waals surface area contributed by atoms with Crippen molar-refractivity contribution < 1.29 is 52.3 Å². The molecule has 0 aliphatic rings. The van der Waals surface area contributed by atoms with Crippen LogP contribution in [0.1, 0.15) is 11.1 Å². The smallest absolute Gasteiger partial charge is 0.417 e. The third-order valence-corrected chi connectivity index (χ3v) is 11.0. The molecular formula is C38H30F6O6S4. The minimum Gasteiger partial charge on any atom is -0.744 e. The van der Waals surface area contributed by atoms with Gasteiger partial charge in [0.05, 0.1) is 26.9 Å². The van der Waals surface area contributed by atoms with Gasteiger partial charge in [-0.25, -0.2) is 8.42 Å². The summed E-state index contributed by atoms with van der Waals surface area (Å²) in [7, 11) is -9.94. The monoisotopic (exact) mass is 824 g/mol. The highest BCUT2D eigenvalue weighted by molar-refractivity contribution is 7.97. The van der Waals surface area contributed by atoms with E-state index in [1.807, 2.05) is 30.3 Å². The number of hydrogen-bond acceptors (Lipinski definition) is 6. The van der Waals surface area contributed by atoms with Crippen LogP contribution < -0.4 is 0 Å². The lowest BCUT2D eigenvalue weighted by atomic mass is 10.2. The van der Waals surface area contributed by atoms with Crippen molar-refractivity contribution in [3.63, 3.8) is 0 Å². The van der Waals surface area contributed by atoms with Gasteiger partial charge in [0.2, 0.25) is 0 Å². The average molecular weight is 825 g/mol. The molecular weight excluding hydrogens is 795 g/mol. The lowest BCUT2D eigenvalue weighted by molar-refractivity contribution is -0.140. The summed E-state index contributed by atoms with van der Waals surface area (Å²) in [6.07, 6.45) is -9.64. The Hall–Kier alpha value is -4.58. The van der Waals surface area contributed by atoms with Gasteiger partial charge < -0.3 is 4.55 Å². The summed E-state index contributed by atoms with van der Waals surface area (Å²) in [5.74, 6) is 0. The molecule has 6 rings (SSSR count). The van der Waals surface area contributed by atoms with E-state index in [0.29, 0.717) is 24.3 Å². The molecule has 0 spiro atoms. The molecule has 1 N–H and O–H groups in total. The van der Waals surface area contributed by atoms with E-state index < -0.39 is 53.5 Å². The fourth-order valence-electron chi connectivity index (χ4n) is 4.35. The summed E-state index contributed by atoms with van der Waals surface area (Å²) in [6.45, 7) is 0. The van der Waals surface area contributed by atoms with Gasteiger partial charge in [-0.1, -0.05) is 97.1 Å². The van der Waals surface area contributed by atoms with Gasteiger partial charge in [-0.3, -0.25) is 4.55 Å². The zero-order chi connectivity index (χ0) is 40.0. The fourth-order valence-corrected chi connectivity index (χ4v) is 8.04. The van der Waals surface area contributed by atoms with Crippen LogP contribution in [0.4, 0.5) is 26.3 Å². The molecule has 54 heavy (non-hydrogen) atoms. The van der Waals surface area contributed by atoms with Gasteiger partial charge in [-0.2, -0.15) is 34.8 Å². The van der Waals surface area contributed by atoms with Gasteiger partial charge in [-0.05, 0) is 72.8 Å². The second-order valence-electron chi connectivity index (χ2n) is 10.5. The number of benzene rings is 6. The highest BCUT2D eigenvalue weighted by Gasteiger charge is 2.36. The minimum atomic E-state index is -5.09. The minimum absolute atomic E-state index is 0.0146. The number of halogens is 6. The van der Waals surface area contributed by atoms with Crippen LogP contribution in [0.2, 0.25) is 0 Å². The molecule has 0 saturated heterocycles. The molecule has 0 amide bonds. The Morgan fingerprint density at radius 1 is 0.463 bits per heavy atom. The summed E-state index contributed by atoms with van der Waals surface area (Å²) < 4.78 is 134. The lowest BCUT2D eigenvalue weighted by Crippen LogP contribution is -2.12. The van der Waals surface area contributed by atoms with Gasteiger partial charge in [0, 0.05) is 4.90 Å². The first-order valence-electron chi connectivity index (χ1n) is 15.2. The maximum absolute atomic E-state index is 12.2. The van der Waals surface area contributed by atoms with E-state index in [1.165, 1.54) is 14.7 Å². The summed E-state index contributed by atoms with van der Waals surface area (Å²) >= 11 is 4.08. The molecule has 0 unspecified atom stereocenters. The maximum atomic E-state index is 12.2. The molecule has 0 heterocycles. The lowest BCUT2D eigenvalue weighted by Gasteiger charge is -2.14. The average Bonchev–Trinajstić information content (AvgIpc) is 3.13. The predicted molar refractivity (Wildman–Crippen MR) is 196 cm³/mol. The van der Waals surface area contributed by atoms with E-state index in [4.69, 9.17) is 4.55 Å². The molecule has 0 fully saturated rings. The van der Waals surface area contributed by atoms with Crippen molar-refractivity contribution in [2.24, 2.45) is 0 Å². The third-order valence-electron chi connectivity index (χ3n) is 6.63. The maximum Gasteiger partial charge on any atom is 0.417 e. The number of rotatable bonds is 5. The van der Waals surface area contributed by atoms with Crippen molar-refractivity contribution in [2.75, 3.05) is 0 Å². The van der Waals surface area contributed by atoms with Crippen LogP contribution in [0.25, 0.3) is 0 Å². The van der Waals surface area contributed by atoms with E-state index in [0.717, 1.165) is 29.2 Å². The predicted octanol–water partition coefficient (Wildman–Crippen LogP) is 10.3. The van der Waals surface area contributed by atoms with Crippen molar-refractivity contribution in [3.05, 3.63) is 181 Å². The summed E-state index contributed by atoms with van der Waals surface area (Å²) in [6, 6.07) is 48.6. The van der Waals surface area contributed by atoms with Gasteiger partial charge in [-0.15, -0.1) is 12.6 Å². The van der Waals surface area contributed by atoms with Gasteiger partial charge in [0.15, 0.2) is 14.7 Å². The van der Waals surface area contributed by atoms with E-state index in [-0.39, 0.29) is 10.9 Å². The normalized spacial score (nSPS) is 11.5. The van der Waals surface area contributed by atoms with Crippen LogP contribution in [0.3, 0.4) is 0 Å². The highest BCUT2D eigenvalue weighted by atomic mass is 32.2. The molecule has 0 aliphatic carbocycles. The van der Waals surface area contributed by atoms with Gasteiger partial charge >= 0.3 is 12.4 Å². The summed E-state index contributed by atoms with van der Waals surface area (Å²) in [5.41, 5.74) is -2.81. The highest BCUT2D eigenvalue weighted by Crippen LogP contribution is 2.35. The van der Waals surface area contributed by atoms with Crippen LogP contribution in [0, 0.1) is 0 Å². The molecule has 0 bridgehead atoms. The molecule has 6 aromatic rings. The van der Waals surface area contributed by atoms with E-state index in [2.05, 4.69) is 104 Å². The Morgan fingerprint density at radius 2 is 0.741 bits per heavy atom. The number of thiol groups is 1. The molecule has 0 saturated carbocycles. The van der Waals surface area contributed by atoms with Crippen molar-refractivity contribution in [1.82, 2.24) is 0 Å². The Bertz CT molecular complexity index is 2080. The molecule has 16 heteroatoms. The van der Waals surface area contributed by atoms with E-state index >= 15 is 0 Å². The largest absolute Gasteiger partial charge is 0.744 e. The van der Waals surface area contributed by atoms with Crippen molar-refractivity contribution in [3.8, 4) is 0 Å². The zero-order valence-corrected chi connectivity index (χ0v) is 30.9. The molecule has 0 atom stereocenters. The zero-order valence-electron chi connectivity index (χ0n) is 27.6. The molecule has 0 aromatic heterocycles. The Morgan fingerprint density at radius 3 is 0.981 bits per heavy atom. The van der Waals surface area contributed by atoms with Gasteiger partial charge in [0.25, 0.3) is 10.1 Å². The first-order chi connectivity index (χ1) is 25.3. The second-order valence-corrected chi connectivity index (χ2v) is 15.8. The van der Waals surface area contributed by atoms with Crippen molar-refractivity contribution in [2.45, 2.75) is 41.7 Å². The molecule has 6 aromatic carbocycles. The SMILES string of the molecule is O=S(=O)(O)c1ccccc1C(F)(F)F.O=S(=O)([O-])c1ccccc1C(F)(F)F.Sc1ccccc1.c1ccc([S+](c2ccccc2)c2ccccc2)cc1. The molecule has 6 nitrogen and oxygen atoms in total. The Labute approximate surface area is 317 Å². The topological polar surface area (TPSA) is 112 Å². The molecule has 0 radical (unpaired) electrons. The van der Waals surface area contributed by atoms with Crippen LogP contribution >= 0.6 is 12.6 Å². The van der Waals surface area contributed by atoms with Crippen molar-refractivity contribution in [1.29, 1.82) is 0 Å². The van der Waals surface area contributed by atoms with E-state index in [1.54, 1.807) is 0 Å². The van der Waals surface area contributed by atoms with Crippen molar-refractivity contribution >= 4 is 43.8 Å².